The fourth-order valence-electron chi connectivity index (χ4n) is 3.33. The molecule has 0 spiro atoms. The first-order valence-corrected chi connectivity index (χ1v) is 9.89. The van der Waals surface area contributed by atoms with Gasteiger partial charge < -0.3 is 19.5 Å². The van der Waals surface area contributed by atoms with E-state index in [1.807, 2.05) is 13.8 Å². The second-order valence-corrected chi connectivity index (χ2v) is 8.35. The topological polar surface area (TPSA) is 94.2 Å². The molecule has 2 aliphatic heterocycles. The summed E-state index contributed by atoms with van der Waals surface area (Å²) in [4.78, 5) is 38.1. The zero-order valence-electron chi connectivity index (χ0n) is 16.7. The van der Waals surface area contributed by atoms with E-state index in [9.17, 15) is 14.4 Å². The van der Waals surface area contributed by atoms with Gasteiger partial charge >= 0.3 is 12.0 Å². The minimum Gasteiger partial charge on any atom is -0.467 e. The third-order valence-electron chi connectivity index (χ3n) is 4.99. The van der Waals surface area contributed by atoms with Gasteiger partial charge in [0.1, 0.15) is 24.4 Å². The molecule has 2 heterocycles. The lowest BCUT2D eigenvalue weighted by atomic mass is 9.92. The van der Waals surface area contributed by atoms with Crippen LogP contribution in [-0.2, 0) is 32.3 Å². The number of carbonyl (C=O) groups is 3. The lowest BCUT2D eigenvalue weighted by molar-refractivity contribution is -0.148. The molecule has 0 unspecified atom stereocenters. The van der Waals surface area contributed by atoms with Gasteiger partial charge in [-0.1, -0.05) is 25.4 Å². The molecule has 3 amide bonds. The van der Waals surface area contributed by atoms with Gasteiger partial charge in [0.15, 0.2) is 6.79 Å². The Balaban J connectivity index is 1.61. The van der Waals surface area contributed by atoms with E-state index < -0.39 is 30.0 Å². The first-order valence-electron chi connectivity index (χ1n) is 9.51. The average Bonchev–Trinajstić information content (AvgIpc) is 2.88. The van der Waals surface area contributed by atoms with Crippen LogP contribution >= 0.6 is 11.6 Å². The number of imide groups is 1. The first kappa shape index (κ1) is 21.4. The number of benzene rings is 1. The maximum atomic E-state index is 12.7. The molecule has 0 bridgehead atoms. The molecule has 0 aliphatic carbocycles. The number of amides is 3. The van der Waals surface area contributed by atoms with E-state index >= 15 is 0 Å². The molecular formula is C20H25ClN2O6. The van der Waals surface area contributed by atoms with Crippen LogP contribution in [0, 0.1) is 5.92 Å². The molecule has 158 valence electrons. The Bertz CT molecular complexity index is 827. The van der Waals surface area contributed by atoms with Crippen LogP contribution in [0.3, 0.4) is 0 Å². The molecule has 1 aromatic carbocycles. The Kier molecular flexibility index (Phi) is 6.33. The molecule has 1 N–H and O–H groups in total. The van der Waals surface area contributed by atoms with Crippen LogP contribution in [0.4, 0.5) is 4.79 Å². The van der Waals surface area contributed by atoms with Gasteiger partial charge in [0.2, 0.25) is 0 Å². The fourth-order valence-corrected chi connectivity index (χ4v) is 3.60. The molecule has 1 aromatic rings. The van der Waals surface area contributed by atoms with Crippen LogP contribution < -0.4 is 10.1 Å². The second kappa shape index (κ2) is 8.59. The van der Waals surface area contributed by atoms with Gasteiger partial charge in [-0.2, -0.15) is 0 Å². The van der Waals surface area contributed by atoms with E-state index in [1.54, 1.807) is 19.1 Å². The molecule has 2 aliphatic rings. The summed E-state index contributed by atoms with van der Waals surface area (Å²) < 4.78 is 16.0. The molecule has 29 heavy (non-hydrogen) atoms. The summed E-state index contributed by atoms with van der Waals surface area (Å²) in [6, 6.07) is 2.79. The molecule has 1 saturated heterocycles. The molecule has 3 rings (SSSR count). The largest absolute Gasteiger partial charge is 0.467 e. The van der Waals surface area contributed by atoms with E-state index in [-0.39, 0.29) is 13.4 Å². The summed E-state index contributed by atoms with van der Waals surface area (Å²) in [6.45, 7) is 5.69. The van der Waals surface area contributed by atoms with Crippen molar-refractivity contribution in [3.8, 4) is 5.75 Å². The number of fused-ring (bicyclic) bond motifs is 1. The second-order valence-electron chi connectivity index (χ2n) is 7.91. The lowest BCUT2D eigenvalue weighted by Gasteiger charge is -2.22. The number of urea groups is 1. The summed E-state index contributed by atoms with van der Waals surface area (Å²) in [5.74, 6) is -0.139. The van der Waals surface area contributed by atoms with Gasteiger partial charge in [-0.25, -0.2) is 4.79 Å². The van der Waals surface area contributed by atoms with Gasteiger partial charge in [-0.05, 0) is 37.8 Å². The van der Waals surface area contributed by atoms with Gasteiger partial charge in [0, 0.05) is 16.1 Å². The van der Waals surface area contributed by atoms with E-state index in [4.69, 9.17) is 25.8 Å². The van der Waals surface area contributed by atoms with Crippen molar-refractivity contribution in [3.05, 3.63) is 28.3 Å². The molecule has 8 nitrogen and oxygen atoms in total. The van der Waals surface area contributed by atoms with Crippen molar-refractivity contribution in [3.63, 3.8) is 0 Å². The van der Waals surface area contributed by atoms with E-state index in [0.717, 1.165) is 16.9 Å². The summed E-state index contributed by atoms with van der Waals surface area (Å²) >= 11 is 6.10. The number of hydrogen-bond donors (Lipinski definition) is 1. The predicted octanol–water partition coefficient (Wildman–Crippen LogP) is 3.00. The molecule has 1 fully saturated rings. The third kappa shape index (κ3) is 4.82. The summed E-state index contributed by atoms with van der Waals surface area (Å²) in [6.07, 6.45) is 1.29. The van der Waals surface area contributed by atoms with Crippen molar-refractivity contribution in [1.82, 2.24) is 10.2 Å². The minimum atomic E-state index is -0.999. The van der Waals surface area contributed by atoms with Crippen molar-refractivity contribution < 1.29 is 28.6 Å². The third-order valence-corrected chi connectivity index (χ3v) is 5.21. The highest BCUT2D eigenvalue weighted by Crippen LogP contribution is 2.32. The molecule has 0 saturated carbocycles. The van der Waals surface area contributed by atoms with Gasteiger partial charge in [0.25, 0.3) is 5.91 Å². The fraction of sp³-hybridized carbons (Fsp3) is 0.550. The van der Waals surface area contributed by atoms with Crippen LogP contribution in [0.5, 0.6) is 5.75 Å². The SMILES string of the molecule is CC(C)CC[C@@]1(C)NC(=O)N(CC(=O)OCc2cc(Cl)cc3c2OCOC3)C1=O. The Labute approximate surface area is 174 Å². The van der Waals surface area contributed by atoms with Crippen molar-refractivity contribution in [2.24, 2.45) is 5.92 Å². The van der Waals surface area contributed by atoms with E-state index in [0.29, 0.717) is 35.3 Å². The highest BCUT2D eigenvalue weighted by molar-refractivity contribution is 6.30. The summed E-state index contributed by atoms with van der Waals surface area (Å²) in [5.41, 5.74) is 0.370. The monoisotopic (exact) mass is 424 g/mol. The van der Waals surface area contributed by atoms with Crippen LogP contribution in [0.25, 0.3) is 0 Å². The van der Waals surface area contributed by atoms with E-state index in [1.165, 1.54) is 0 Å². The molecule has 1 atom stereocenters. The van der Waals surface area contributed by atoms with Crippen molar-refractivity contribution in [2.45, 2.75) is 52.4 Å². The van der Waals surface area contributed by atoms with Gasteiger partial charge in [0.05, 0.1) is 6.61 Å². The van der Waals surface area contributed by atoms with Crippen molar-refractivity contribution >= 4 is 29.5 Å². The van der Waals surface area contributed by atoms with Crippen LogP contribution in [0.15, 0.2) is 12.1 Å². The Hall–Kier alpha value is -2.32. The zero-order chi connectivity index (χ0) is 21.2. The van der Waals surface area contributed by atoms with E-state index in [2.05, 4.69) is 5.32 Å². The average molecular weight is 425 g/mol. The highest BCUT2D eigenvalue weighted by Gasteiger charge is 2.48. The minimum absolute atomic E-state index is 0.0873. The first-order chi connectivity index (χ1) is 13.7. The number of halogens is 1. The Morgan fingerprint density at radius 3 is 2.86 bits per heavy atom. The number of esters is 1. The number of hydrogen-bond acceptors (Lipinski definition) is 6. The lowest BCUT2D eigenvalue weighted by Crippen LogP contribution is -2.44. The number of rotatable bonds is 7. The smallest absolute Gasteiger partial charge is 0.326 e. The Morgan fingerprint density at radius 1 is 1.38 bits per heavy atom. The molecule has 9 heteroatoms. The Morgan fingerprint density at radius 2 is 2.14 bits per heavy atom. The zero-order valence-corrected chi connectivity index (χ0v) is 17.5. The van der Waals surface area contributed by atoms with Crippen molar-refractivity contribution in [2.75, 3.05) is 13.3 Å². The molecule has 0 radical (unpaired) electrons. The summed E-state index contributed by atoms with van der Waals surface area (Å²) in [7, 11) is 0. The summed E-state index contributed by atoms with van der Waals surface area (Å²) in [5, 5.41) is 3.16. The normalized spacial score (nSPS) is 21.1. The van der Waals surface area contributed by atoms with Crippen LogP contribution in [-0.4, -0.2) is 41.7 Å². The number of carbonyl (C=O) groups excluding carboxylic acids is 3. The van der Waals surface area contributed by atoms with Gasteiger partial charge in [-0.3, -0.25) is 14.5 Å². The highest BCUT2D eigenvalue weighted by atomic mass is 35.5. The number of nitrogens with zero attached hydrogens (tertiary/aromatic N) is 1. The van der Waals surface area contributed by atoms with Crippen LogP contribution in [0.2, 0.25) is 5.02 Å². The predicted molar refractivity (Wildman–Crippen MR) is 104 cm³/mol. The molecule has 0 aromatic heterocycles. The quantitative estimate of drug-likeness (QED) is 0.534. The maximum absolute atomic E-state index is 12.7. The van der Waals surface area contributed by atoms with Gasteiger partial charge in [-0.15, -0.1) is 0 Å². The maximum Gasteiger partial charge on any atom is 0.326 e. The number of nitrogens with one attached hydrogen (secondary N) is 1. The van der Waals surface area contributed by atoms with Crippen LogP contribution in [0.1, 0.15) is 44.7 Å². The van der Waals surface area contributed by atoms with Crippen molar-refractivity contribution in [1.29, 1.82) is 0 Å². The number of ether oxygens (including phenoxy) is 3. The standard InChI is InChI=1S/C20H25ClN2O6/c1-12(2)4-5-20(3)18(25)23(19(26)22-20)8-16(24)28-10-14-7-15(21)6-13-9-27-11-29-17(13)14/h6-7,12H,4-5,8-11H2,1-3H3,(H,22,26)/t20-/m1/s1. The molecular weight excluding hydrogens is 400 g/mol.